The molecule has 0 bridgehead atoms. The van der Waals surface area contributed by atoms with E-state index >= 15 is 0 Å². The van der Waals surface area contributed by atoms with Crippen molar-refractivity contribution in [2.45, 2.75) is 58.5 Å². The van der Waals surface area contributed by atoms with Crippen LogP contribution in [0, 0.1) is 13.8 Å². The first-order chi connectivity index (χ1) is 12.0. The number of aryl methyl sites for hydroxylation is 2. The Morgan fingerprint density at radius 1 is 1.44 bits per heavy atom. The zero-order valence-electron chi connectivity index (χ0n) is 15.5. The maximum absolute atomic E-state index is 13.0. The second kappa shape index (κ2) is 7.29. The Balaban J connectivity index is 1.79. The van der Waals surface area contributed by atoms with Gasteiger partial charge in [-0.25, -0.2) is 4.79 Å². The summed E-state index contributed by atoms with van der Waals surface area (Å²) in [6, 6.07) is 0.0784. The lowest BCUT2D eigenvalue weighted by atomic mass is 9.97. The maximum atomic E-state index is 13.0. The molecule has 1 aliphatic rings. The Morgan fingerprint density at radius 3 is 2.84 bits per heavy atom. The van der Waals surface area contributed by atoms with Gasteiger partial charge in [-0.05, 0) is 39.5 Å². The molecule has 2 amide bonds. The average molecular weight is 344 g/mol. The van der Waals surface area contributed by atoms with Gasteiger partial charge in [0.1, 0.15) is 0 Å². The van der Waals surface area contributed by atoms with Crippen molar-refractivity contribution < 1.29 is 4.79 Å². The Hall–Kier alpha value is -2.31. The van der Waals surface area contributed by atoms with E-state index in [0.29, 0.717) is 0 Å². The zero-order valence-corrected chi connectivity index (χ0v) is 15.5. The van der Waals surface area contributed by atoms with Crippen LogP contribution in [0.25, 0.3) is 0 Å². The number of amides is 2. The number of likely N-dealkylation sites (tertiary alicyclic amines) is 1. The summed E-state index contributed by atoms with van der Waals surface area (Å²) in [5.74, 6) is 0. The number of H-pyrrole nitrogens is 1. The highest BCUT2D eigenvalue weighted by Gasteiger charge is 2.30. The summed E-state index contributed by atoms with van der Waals surface area (Å²) in [7, 11) is 1.94. The highest BCUT2D eigenvalue weighted by atomic mass is 16.2. The van der Waals surface area contributed by atoms with Gasteiger partial charge >= 0.3 is 6.03 Å². The molecule has 136 valence electrons. The Morgan fingerprint density at radius 2 is 2.24 bits per heavy atom. The van der Waals surface area contributed by atoms with Gasteiger partial charge < -0.3 is 10.2 Å². The first kappa shape index (κ1) is 17.5. The van der Waals surface area contributed by atoms with Gasteiger partial charge in [0.15, 0.2) is 0 Å². The average Bonchev–Trinajstić information content (AvgIpc) is 3.22. The van der Waals surface area contributed by atoms with E-state index in [9.17, 15) is 4.79 Å². The molecule has 2 aromatic rings. The third-order valence-electron chi connectivity index (χ3n) is 5.29. The molecule has 3 rings (SSSR count). The second-order valence-corrected chi connectivity index (χ2v) is 6.86. The molecule has 0 unspecified atom stereocenters. The van der Waals surface area contributed by atoms with Gasteiger partial charge in [0.05, 0.1) is 24.0 Å². The molecule has 7 heteroatoms. The maximum Gasteiger partial charge on any atom is 0.318 e. The van der Waals surface area contributed by atoms with Crippen LogP contribution in [0.1, 0.15) is 67.2 Å². The molecule has 2 atom stereocenters. The van der Waals surface area contributed by atoms with Gasteiger partial charge in [0.25, 0.3) is 0 Å². The number of nitrogens with zero attached hydrogens (tertiary/aromatic N) is 4. The number of piperidine rings is 1. The SMILES string of the molecule is CC[C@H](NC(=O)N1CCCC[C@@H]1c1cn[nH]c1)c1c(C)nn(C)c1C. The second-order valence-electron chi connectivity index (χ2n) is 6.86. The van der Waals surface area contributed by atoms with Crippen molar-refractivity contribution in [3.05, 3.63) is 34.9 Å². The van der Waals surface area contributed by atoms with Gasteiger partial charge in [-0.15, -0.1) is 0 Å². The van der Waals surface area contributed by atoms with Crippen LogP contribution < -0.4 is 5.32 Å². The lowest BCUT2D eigenvalue weighted by Crippen LogP contribution is -2.45. The van der Waals surface area contributed by atoms with E-state index in [0.717, 1.165) is 54.7 Å². The minimum Gasteiger partial charge on any atom is -0.331 e. The molecule has 0 spiro atoms. The lowest BCUT2D eigenvalue weighted by molar-refractivity contribution is 0.148. The molecule has 7 nitrogen and oxygen atoms in total. The van der Waals surface area contributed by atoms with Crippen LogP contribution in [-0.4, -0.2) is 37.5 Å². The third-order valence-corrected chi connectivity index (χ3v) is 5.29. The number of nitrogens with one attached hydrogen (secondary N) is 2. The van der Waals surface area contributed by atoms with Crippen LogP contribution in [0.15, 0.2) is 12.4 Å². The van der Waals surface area contributed by atoms with Crippen LogP contribution in [-0.2, 0) is 7.05 Å². The highest BCUT2D eigenvalue weighted by Crippen LogP contribution is 2.31. The molecule has 0 radical (unpaired) electrons. The number of carbonyl (C=O) groups is 1. The number of hydrogen-bond donors (Lipinski definition) is 2. The van der Waals surface area contributed by atoms with Crippen molar-refractivity contribution in [1.82, 2.24) is 30.2 Å². The number of urea groups is 1. The van der Waals surface area contributed by atoms with E-state index < -0.39 is 0 Å². The molecule has 1 saturated heterocycles. The molecule has 1 fully saturated rings. The van der Waals surface area contributed by atoms with Gasteiger partial charge in [-0.3, -0.25) is 9.78 Å². The van der Waals surface area contributed by atoms with Crippen molar-refractivity contribution in [2.75, 3.05) is 6.54 Å². The summed E-state index contributed by atoms with van der Waals surface area (Å²) in [5, 5.41) is 14.6. The van der Waals surface area contributed by atoms with Gasteiger partial charge in [0.2, 0.25) is 0 Å². The molecule has 25 heavy (non-hydrogen) atoms. The highest BCUT2D eigenvalue weighted by molar-refractivity contribution is 5.75. The fraction of sp³-hybridized carbons (Fsp3) is 0.611. The van der Waals surface area contributed by atoms with Crippen molar-refractivity contribution in [2.24, 2.45) is 7.05 Å². The topological polar surface area (TPSA) is 78.8 Å². The van der Waals surface area contributed by atoms with E-state index in [-0.39, 0.29) is 18.1 Å². The first-order valence-electron chi connectivity index (χ1n) is 9.08. The van der Waals surface area contributed by atoms with Crippen LogP contribution in [0.3, 0.4) is 0 Å². The molecule has 0 saturated carbocycles. The fourth-order valence-electron chi connectivity index (χ4n) is 3.87. The molecule has 0 aromatic carbocycles. The summed E-state index contributed by atoms with van der Waals surface area (Å²) in [6.07, 6.45) is 7.71. The predicted octanol–water partition coefficient (Wildman–Crippen LogP) is 3.15. The zero-order chi connectivity index (χ0) is 18.0. The Bertz CT molecular complexity index is 720. The van der Waals surface area contributed by atoms with E-state index in [1.807, 2.05) is 35.9 Å². The summed E-state index contributed by atoms with van der Waals surface area (Å²) in [5.41, 5.74) is 4.30. The summed E-state index contributed by atoms with van der Waals surface area (Å²) in [4.78, 5) is 15.0. The van der Waals surface area contributed by atoms with E-state index in [2.05, 4.69) is 34.5 Å². The summed E-state index contributed by atoms with van der Waals surface area (Å²) < 4.78 is 1.88. The van der Waals surface area contributed by atoms with Crippen molar-refractivity contribution >= 4 is 6.03 Å². The molecule has 2 aromatic heterocycles. The van der Waals surface area contributed by atoms with Crippen LogP contribution in [0.4, 0.5) is 4.79 Å². The molecular formula is C18H28N6O. The predicted molar refractivity (Wildman–Crippen MR) is 96.1 cm³/mol. The lowest BCUT2D eigenvalue weighted by Gasteiger charge is -2.36. The minimum atomic E-state index is -0.0203. The van der Waals surface area contributed by atoms with Crippen LogP contribution >= 0.6 is 0 Å². The van der Waals surface area contributed by atoms with Gasteiger partial charge in [-0.2, -0.15) is 10.2 Å². The number of carbonyl (C=O) groups excluding carboxylic acids is 1. The van der Waals surface area contributed by atoms with Crippen LogP contribution in [0.5, 0.6) is 0 Å². The summed E-state index contributed by atoms with van der Waals surface area (Å²) in [6.45, 7) is 6.94. The van der Waals surface area contributed by atoms with Gasteiger partial charge in [-0.1, -0.05) is 6.92 Å². The smallest absolute Gasteiger partial charge is 0.318 e. The Labute approximate surface area is 148 Å². The fourth-order valence-corrected chi connectivity index (χ4v) is 3.87. The van der Waals surface area contributed by atoms with Crippen molar-refractivity contribution in [1.29, 1.82) is 0 Å². The third kappa shape index (κ3) is 3.41. The largest absolute Gasteiger partial charge is 0.331 e. The van der Waals surface area contributed by atoms with E-state index in [1.165, 1.54) is 0 Å². The van der Waals surface area contributed by atoms with Gasteiger partial charge in [0, 0.05) is 36.6 Å². The molecular weight excluding hydrogens is 316 g/mol. The standard InChI is InChI=1S/C18H28N6O/c1-5-15(17-12(2)22-23(4)13(17)3)21-18(25)24-9-7-6-8-16(24)14-10-19-20-11-14/h10-11,15-16H,5-9H2,1-4H3,(H,19,20)(H,21,25)/t15-,16+/m0/s1. The normalized spacial score (nSPS) is 19.0. The van der Waals surface area contributed by atoms with Crippen molar-refractivity contribution in [3.8, 4) is 0 Å². The number of aromatic nitrogens is 4. The molecule has 2 N–H and O–H groups in total. The number of aromatic amines is 1. The van der Waals surface area contributed by atoms with E-state index in [4.69, 9.17) is 0 Å². The molecule has 0 aliphatic carbocycles. The number of hydrogen-bond acceptors (Lipinski definition) is 3. The van der Waals surface area contributed by atoms with Crippen molar-refractivity contribution in [3.63, 3.8) is 0 Å². The number of rotatable bonds is 4. The van der Waals surface area contributed by atoms with Crippen LogP contribution in [0.2, 0.25) is 0 Å². The first-order valence-corrected chi connectivity index (χ1v) is 9.08. The summed E-state index contributed by atoms with van der Waals surface area (Å²) >= 11 is 0. The van der Waals surface area contributed by atoms with E-state index in [1.54, 1.807) is 0 Å². The molecule has 3 heterocycles. The quantitative estimate of drug-likeness (QED) is 0.894. The molecule has 1 aliphatic heterocycles. The monoisotopic (exact) mass is 344 g/mol. The Kier molecular flexibility index (Phi) is 5.11. The minimum absolute atomic E-state index is 0.000373.